The van der Waals surface area contributed by atoms with Crippen LogP contribution in [-0.2, 0) is 19.6 Å². The van der Waals surface area contributed by atoms with E-state index in [4.69, 9.17) is 4.74 Å². The molecule has 1 aliphatic heterocycles. The minimum absolute atomic E-state index is 0.105. The van der Waals surface area contributed by atoms with E-state index in [1.165, 1.54) is 23.5 Å². The zero-order valence-corrected chi connectivity index (χ0v) is 15.8. The van der Waals surface area contributed by atoms with Crippen molar-refractivity contribution in [2.75, 3.05) is 26.7 Å². The highest BCUT2D eigenvalue weighted by Crippen LogP contribution is 2.26. The summed E-state index contributed by atoms with van der Waals surface area (Å²) >= 11 is 0. The quantitative estimate of drug-likeness (QED) is 0.667. The molecule has 0 saturated carbocycles. The average molecular weight is 383 g/mol. The molecular weight excluding hydrogens is 358 g/mol. The third-order valence-corrected chi connectivity index (χ3v) is 6.20. The van der Waals surface area contributed by atoms with Crippen molar-refractivity contribution in [2.45, 2.75) is 37.1 Å². The molecule has 1 aliphatic rings. The summed E-state index contributed by atoms with van der Waals surface area (Å²) in [6, 6.07) is 5.82. The van der Waals surface area contributed by atoms with Crippen LogP contribution in [0.15, 0.2) is 29.2 Å². The van der Waals surface area contributed by atoms with E-state index >= 15 is 0 Å². The largest absolute Gasteiger partial charge is 0.497 e. The molecule has 0 unspecified atom stereocenters. The monoisotopic (exact) mass is 383 g/mol. The molecule has 1 saturated heterocycles. The maximum absolute atomic E-state index is 12.9. The zero-order chi connectivity index (χ0) is 19.2. The van der Waals surface area contributed by atoms with E-state index in [1.54, 1.807) is 12.1 Å². The molecule has 0 aromatic heterocycles. The van der Waals surface area contributed by atoms with Gasteiger partial charge in [0.05, 0.1) is 12.0 Å². The van der Waals surface area contributed by atoms with Crippen LogP contribution >= 0.6 is 0 Å². The number of carbonyl (C=O) groups is 2. The number of amides is 2. The number of hydrogen-bond donors (Lipinski definition) is 2. The van der Waals surface area contributed by atoms with E-state index < -0.39 is 21.8 Å². The molecule has 1 heterocycles. The van der Waals surface area contributed by atoms with Crippen LogP contribution in [0.25, 0.3) is 0 Å². The van der Waals surface area contributed by atoms with Crippen molar-refractivity contribution in [1.29, 1.82) is 0 Å². The number of ether oxygens (including phenoxy) is 1. The second-order valence-corrected chi connectivity index (χ2v) is 7.94. The fourth-order valence-corrected chi connectivity index (χ4v) is 4.52. The van der Waals surface area contributed by atoms with Crippen LogP contribution in [0.2, 0.25) is 0 Å². The van der Waals surface area contributed by atoms with Gasteiger partial charge in [-0.15, -0.1) is 0 Å². The molecule has 1 fully saturated rings. The molecule has 8 nitrogen and oxygen atoms in total. The van der Waals surface area contributed by atoms with E-state index in [1.807, 2.05) is 6.92 Å². The number of hydrogen-bond acceptors (Lipinski definition) is 5. The Morgan fingerprint density at radius 1 is 1.19 bits per heavy atom. The maximum atomic E-state index is 12.9. The van der Waals surface area contributed by atoms with Crippen LogP contribution in [0.3, 0.4) is 0 Å². The summed E-state index contributed by atoms with van der Waals surface area (Å²) in [6.45, 7) is 2.80. The minimum Gasteiger partial charge on any atom is -0.497 e. The number of sulfonamides is 1. The minimum atomic E-state index is -3.67. The Hall–Kier alpha value is -2.13. The predicted molar refractivity (Wildman–Crippen MR) is 96.2 cm³/mol. The summed E-state index contributed by atoms with van der Waals surface area (Å²) in [5.41, 5.74) is 0. The highest BCUT2D eigenvalue weighted by atomic mass is 32.2. The molecule has 1 atom stereocenters. The number of rotatable bonds is 7. The molecule has 0 radical (unpaired) electrons. The van der Waals surface area contributed by atoms with E-state index in [0.717, 1.165) is 6.42 Å². The van der Waals surface area contributed by atoms with Crippen LogP contribution < -0.4 is 15.4 Å². The second-order valence-electron chi connectivity index (χ2n) is 6.05. The van der Waals surface area contributed by atoms with Gasteiger partial charge in [0, 0.05) is 25.7 Å². The van der Waals surface area contributed by atoms with Crippen LogP contribution in [0.1, 0.15) is 26.2 Å². The molecular formula is C17H25N3O5S. The summed E-state index contributed by atoms with van der Waals surface area (Å²) in [4.78, 5) is 23.6. The van der Waals surface area contributed by atoms with Crippen molar-refractivity contribution in [2.24, 2.45) is 0 Å². The third-order valence-electron chi connectivity index (χ3n) is 4.23. The lowest BCUT2D eigenvalue weighted by Crippen LogP contribution is -2.47. The van der Waals surface area contributed by atoms with Gasteiger partial charge in [0.15, 0.2) is 0 Å². The molecule has 0 spiro atoms. The number of methoxy groups -OCH3 is 1. The molecule has 9 heteroatoms. The van der Waals surface area contributed by atoms with Gasteiger partial charge in [-0.05, 0) is 43.5 Å². The van der Waals surface area contributed by atoms with Gasteiger partial charge in [-0.1, -0.05) is 6.92 Å². The van der Waals surface area contributed by atoms with E-state index in [0.29, 0.717) is 31.7 Å². The first-order valence-electron chi connectivity index (χ1n) is 8.62. The van der Waals surface area contributed by atoms with Crippen molar-refractivity contribution in [3.63, 3.8) is 0 Å². The topological polar surface area (TPSA) is 105 Å². The fraction of sp³-hybridized carbons (Fsp3) is 0.529. The lowest BCUT2D eigenvalue weighted by molar-refractivity contribution is -0.139. The number of benzene rings is 1. The van der Waals surface area contributed by atoms with Gasteiger partial charge in [0.2, 0.25) is 10.0 Å². The molecule has 0 aliphatic carbocycles. The average Bonchev–Trinajstić information content (AvgIpc) is 3.13. The van der Waals surface area contributed by atoms with Gasteiger partial charge in [-0.2, -0.15) is 4.31 Å². The first-order chi connectivity index (χ1) is 12.4. The number of nitrogens with one attached hydrogen (secondary N) is 2. The van der Waals surface area contributed by atoms with Gasteiger partial charge in [0.1, 0.15) is 5.75 Å². The molecule has 0 bridgehead atoms. The van der Waals surface area contributed by atoms with Crippen LogP contribution in [-0.4, -0.2) is 57.3 Å². The molecule has 2 amide bonds. The first kappa shape index (κ1) is 20.2. The SMILES string of the molecule is CCCNC(=O)C(=O)NC[C@H]1CCCN1S(=O)(=O)c1ccc(OC)cc1. The Bertz CT molecular complexity index is 733. The Kier molecular flexibility index (Phi) is 6.98. The van der Waals surface area contributed by atoms with Crippen molar-refractivity contribution >= 4 is 21.8 Å². The normalized spacial score (nSPS) is 17.7. The molecule has 1 aromatic carbocycles. The van der Waals surface area contributed by atoms with Crippen LogP contribution in [0.5, 0.6) is 5.75 Å². The van der Waals surface area contributed by atoms with Gasteiger partial charge >= 0.3 is 11.8 Å². The highest BCUT2D eigenvalue weighted by molar-refractivity contribution is 7.89. The van der Waals surface area contributed by atoms with Crippen molar-refractivity contribution in [3.05, 3.63) is 24.3 Å². The van der Waals surface area contributed by atoms with Crippen LogP contribution in [0, 0.1) is 0 Å². The fourth-order valence-electron chi connectivity index (χ4n) is 2.82. The third kappa shape index (κ3) is 4.73. The summed E-state index contributed by atoms with van der Waals surface area (Å²) in [5, 5.41) is 5.02. The smallest absolute Gasteiger partial charge is 0.309 e. The summed E-state index contributed by atoms with van der Waals surface area (Å²) in [6.07, 6.45) is 2.07. The van der Waals surface area contributed by atoms with Crippen LogP contribution in [0.4, 0.5) is 0 Å². The van der Waals surface area contributed by atoms with E-state index in [2.05, 4.69) is 10.6 Å². The summed E-state index contributed by atoms with van der Waals surface area (Å²) in [7, 11) is -2.16. The Labute approximate surface area is 153 Å². The molecule has 1 aromatic rings. The number of nitrogens with zero attached hydrogens (tertiary/aromatic N) is 1. The van der Waals surface area contributed by atoms with Crippen molar-refractivity contribution < 1.29 is 22.7 Å². The standard InChI is InChI=1S/C17H25N3O5S/c1-3-10-18-16(21)17(22)19-12-13-5-4-11-20(13)26(23,24)15-8-6-14(25-2)7-9-15/h6-9,13H,3-5,10-12H2,1-2H3,(H,18,21)(H,19,22)/t13-/m1/s1. The molecule has 26 heavy (non-hydrogen) atoms. The van der Waals surface area contributed by atoms with Gasteiger partial charge in [0.25, 0.3) is 0 Å². The first-order valence-corrected chi connectivity index (χ1v) is 10.1. The maximum Gasteiger partial charge on any atom is 0.309 e. The Morgan fingerprint density at radius 2 is 1.85 bits per heavy atom. The Balaban J connectivity index is 2.02. The number of carbonyl (C=O) groups excluding carboxylic acids is 2. The lowest BCUT2D eigenvalue weighted by atomic mass is 10.2. The zero-order valence-electron chi connectivity index (χ0n) is 15.0. The van der Waals surface area contributed by atoms with Crippen molar-refractivity contribution in [3.8, 4) is 5.75 Å². The second kappa shape index (κ2) is 9.00. The Morgan fingerprint density at radius 3 is 2.46 bits per heavy atom. The molecule has 2 rings (SSSR count). The molecule has 2 N–H and O–H groups in total. The van der Waals surface area contributed by atoms with Gasteiger partial charge in [-0.3, -0.25) is 9.59 Å². The molecule has 144 valence electrons. The predicted octanol–water partition coefficient (Wildman–Crippen LogP) is 0.491. The van der Waals surface area contributed by atoms with E-state index in [9.17, 15) is 18.0 Å². The van der Waals surface area contributed by atoms with E-state index in [-0.39, 0.29) is 17.5 Å². The van der Waals surface area contributed by atoms with Crippen molar-refractivity contribution in [1.82, 2.24) is 14.9 Å². The van der Waals surface area contributed by atoms with Gasteiger partial charge < -0.3 is 15.4 Å². The summed E-state index contributed by atoms with van der Waals surface area (Å²) < 4.78 is 32.2. The lowest BCUT2D eigenvalue weighted by Gasteiger charge is -2.24. The van der Waals surface area contributed by atoms with Gasteiger partial charge in [-0.25, -0.2) is 8.42 Å². The highest BCUT2D eigenvalue weighted by Gasteiger charge is 2.35. The summed E-state index contributed by atoms with van der Waals surface area (Å²) in [5.74, 6) is -0.867.